The summed E-state index contributed by atoms with van der Waals surface area (Å²) in [7, 11) is 7.14. The number of H-pyrrole nitrogens is 1. The maximum atomic E-state index is 15.2. The second-order valence-electron chi connectivity index (χ2n) is 12.0. The molecule has 2 aromatic heterocycles. The van der Waals surface area contributed by atoms with E-state index in [4.69, 9.17) is 9.47 Å². The summed E-state index contributed by atoms with van der Waals surface area (Å²) in [6, 6.07) is 13.7. The van der Waals surface area contributed by atoms with Crippen molar-refractivity contribution in [3.63, 3.8) is 0 Å². The van der Waals surface area contributed by atoms with Crippen molar-refractivity contribution < 1.29 is 28.2 Å². The van der Waals surface area contributed by atoms with Gasteiger partial charge >= 0.3 is 6.03 Å². The van der Waals surface area contributed by atoms with E-state index in [-0.39, 0.29) is 22.7 Å². The number of rotatable bonds is 9. The highest BCUT2D eigenvalue weighted by Gasteiger charge is 2.30. The minimum Gasteiger partial charge on any atom is -0.497 e. The number of carbonyl (C=O) groups excluding carboxylic acids is 3. The van der Waals surface area contributed by atoms with Crippen molar-refractivity contribution >= 4 is 46.1 Å². The summed E-state index contributed by atoms with van der Waals surface area (Å²) in [6.07, 6.45) is 1.59. The van der Waals surface area contributed by atoms with E-state index in [9.17, 15) is 14.4 Å². The van der Waals surface area contributed by atoms with Crippen LogP contribution in [0.4, 0.5) is 20.6 Å². The molecule has 0 radical (unpaired) electrons. The number of allylic oxidation sites excluding steroid dienone is 1. The first-order valence-corrected chi connectivity index (χ1v) is 15.5. The molecule has 5 aromatic rings. The number of aromatic nitrogens is 3. The predicted molar refractivity (Wildman–Crippen MR) is 186 cm³/mol. The molecule has 0 unspecified atom stereocenters. The van der Waals surface area contributed by atoms with Crippen LogP contribution in [0.15, 0.2) is 60.4 Å². The summed E-state index contributed by atoms with van der Waals surface area (Å²) in [6.45, 7) is 5.01. The molecule has 49 heavy (non-hydrogen) atoms. The maximum absolute atomic E-state index is 15.2. The van der Waals surface area contributed by atoms with Gasteiger partial charge in [0.15, 0.2) is 11.6 Å². The lowest BCUT2D eigenvalue weighted by Gasteiger charge is -2.11. The van der Waals surface area contributed by atoms with E-state index in [0.717, 1.165) is 23.5 Å². The van der Waals surface area contributed by atoms with Gasteiger partial charge in [-0.3, -0.25) is 14.3 Å². The first kappa shape index (κ1) is 33.0. The second-order valence-corrected chi connectivity index (χ2v) is 12.0. The molecular weight excluding hydrogens is 629 g/mol. The molecule has 13 heteroatoms. The predicted octanol–water partition coefficient (Wildman–Crippen LogP) is 5.88. The zero-order valence-electron chi connectivity index (χ0n) is 27.9. The van der Waals surface area contributed by atoms with Gasteiger partial charge in [-0.15, -0.1) is 0 Å². The van der Waals surface area contributed by atoms with Gasteiger partial charge in [-0.05, 0) is 82.5 Å². The van der Waals surface area contributed by atoms with Gasteiger partial charge in [0.1, 0.15) is 11.5 Å². The van der Waals surface area contributed by atoms with Gasteiger partial charge in [0.2, 0.25) is 5.78 Å². The first-order chi connectivity index (χ1) is 23.4. The summed E-state index contributed by atoms with van der Waals surface area (Å²) in [5, 5.41) is 13.3. The summed E-state index contributed by atoms with van der Waals surface area (Å²) >= 11 is 0. The molecule has 0 spiro atoms. The van der Waals surface area contributed by atoms with Crippen LogP contribution in [0.1, 0.15) is 37.7 Å². The van der Waals surface area contributed by atoms with Crippen LogP contribution in [0.25, 0.3) is 28.2 Å². The molecule has 6 rings (SSSR count). The van der Waals surface area contributed by atoms with Gasteiger partial charge in [0.05, 0.1) is 29.6 Å². The molecule has 3 heterocycles. The van der Waals surface area contributed by atoms with Gasteiger partial charge < -0.3 is 35.3 Å². The fraction of sp³-hybridized carbons (Fsp3) is 0.222. The van der Waals surface area contributed by atoms with Crippen molar-refractivity contribution in [2.75, 3.05) is 44.9 Å². The number of ketones is 1. The topological polar surface area (TPSA) is 143 Å². The lowest BCUT2D eigenvalue weighted by molar-refractivity contribution is 0.0950. The molecular formula is C36H36FN7O5. The fourth-order valence-electron chi connectivity index (χ4n) is 5.74. The maximum Gasteiger partial charge on any atom is 0.323 e. The highest BCUT2D eigenvalue weighted by atomic mass is 19.1. The standard InChI is InChI=1S/C36H36FN7O5/c1-19-31(20(2)44(5)42-19)33-26(25-16-24(48-6)17-28(37)32(25)41-33)18-30-34(45)27-15-23(11-12-29(27)49-30)40-36(47)39-22-9-7-21(8-10-22)35(46)38-13-14-43(3)4/h7-12,15-18,41H,13-14H2,1-6H3,(H,38,46)(H2,39,40,47)/b30-18-. The summed E-state index contributed by atoms with van der Waals surface area (Å²) in [5.74, 6) is -0.434. The van der Waals surface area contributed by atoms with Crippen LogP contribution in [0.3, 0.4) is 0 Å². The average molecular weight is 666 g/mol. The summed E-state index contributed by atoms with van der Waals surface area (Å²) < 4.78 is 28.3. The SMILES string of the molecule is COc1cc(F)c2[nH]c(-c3c(C)nn(C)c3C)c(/C=C3\Oc4ccc(NC(=O)Nc5ccc(C(=O)NCCN(C)C)cc5)cc4C3=O)c2c1. The van der Waals surface area contributed by atoms with Crippen molar-refractivity contribution in [2.45, 2.75) is 13.8 Å². The number of carbonyl (C=O) groups is 3. The lowest BCUT2D eigenvalue weighted by atomic mass is 10.0. The van der Waals surface area contributed by atoms with E-state index < -0.39 is 17.6 Å². The Balaban J connectivity index is 1.22. The minimum absolute atomic E-state index is 0.0343. The quantitative estimate of drug-likeness (QED) is 0.144. The molecule has 0 bridgehead atoms. The van der Waals surface area contributed by atoms with E-state index in [2.05, 4.69) is 26.0 Å². The number of anilines is 2. The van der Waals surface area contributed by atoms with Crippen molar-refractivity contribution in [2.24, 2.45) is 7.05 Å². The summed E-state index contributed by atoms with van der Waals surface area (Å²) in [5.41, 5.74) is 5.32. The van der Waals surface area contributed by atoms with Gasteiger partial charge in [-0.1, -0.05) is 0 Å². The van der Waals surface area contributed by atoms with E-state index >= 15 is 4.39 Å². The van der Waals surface area contributed by atoms with Crippen molar-refractivity contribution in [3.05, 3.63) is 94.3 Å². The third-order valence-corrected chi connectivity index (χ3v) is 8.32. The molecule has 0 aliphatic carbocycles. The van der Waals surface area contributed by atoms with Crippen molar-refractivity contribution in [3.8, 4) is 22.8 Å². The number of likely N-dealkylation sites (N-methyl/N-ethyl adjacent to an activating group) is 1. The number of nitrogens with zero attached hydrogens (tertiary/aromatic N) is 3. The molecule has 1 aliphatic rings. The van der Waals surface area contributed by atoms with Gasteiger partial charge in [-0.2, -0.15) is 5.10 Å². The highest BCUT2D eigenvalue weighted by Crippen LogP contribution is 2.40. The Morgan fingerprint density at radius 1 is 1.06 bits per heavy atom. The molecule has 12 nitrogen and oxygen atoms in total. The molecule has 0 saturated carbocycles. The zero-order chi connectivity index (χ0) is 35.0. The van der Waals surface area contributed by atoms with Crippen molar-refractivity contribution in [1.29, 1.82) is 0 Å². The third kappa shape index (κ3) is 6.61. The van der Waals surface area contributed by atoms with Crippen LogP contribution in [0.2, 0.25) is 0 Å². The second kappa shape index (κ2) is 13.3. The molecule has 0 saturated heterocycles. The zero-order valence-corrected chi connectivity index (χ0v) is 27.9. The molecule has 1 aliphatic heterocycles. The lowest BCUT2D eigenvalue weighted by Crippen LogP contribution is -2.31. The van der Waals surface area contributed by atoms with E-state index in [0.29, 0.717) is 51.6 Å². The van der Waals surface area contributed by atoms with Crippen LogP contribution in [0, 0.1) is 19.7 Å². The minimum atomic E-state index is -0.535. The molecule has 252 valence electrons. The number of benzene rings is 3. The smallest absolute Gasteiger partial charge is 0.323 e. The Morgan fingerprint density at radius 3 is 2.45 bits per heavy atom. The van der Waals surface area contributed by atoms with Crippen LogP contribution >= 0.6 is 0 Å². The summed E-state index contributed by atoms with van der Waals surface area (Å²) in [4.78, 5) is 44.0. The molecule has 0 fully saturated rings. The molecule has 0 atom stereocenters. The van der Waals surface area contributed by atoms with E-state index in [1.165, 1.54) is 19.2 Å². The third-order valence-electron chi connectivity index (χ3n) is 8.32. The van der Waals surface area contributed by atoms with E-state index in [1.54, 1.807) is 53.2 Å². The Morgan fingerprint density at radius 2 is 1.78 bits per heavy atom. The number of hydrogen-bond acceptors (Lipinski definition) is 7. The Bertz CT molecular complexity index is 2150. The fourth-order valence-corrected chi connectivity index (χ4v) is 5.74. The first-order valence-electron chi connectivity index (χ1n) is 15.5. The molecule has 3 amide bonds. The normalized spacial score (nSPS) is 13.1. The highest BCUT2D eigenvalue weighted by molar-refractivity contribution is 6.16. The number of fused-ring (bicyclic) bond motifs is 2. The van der Waals surface area contributed by atoms with Gasteiger partial charge in [0, 0.05) is 65.3 Å². The number of hydrogen-bond donors (Lipinski definition) is 4. The number of aromatic amines is 1. The number of urea groups is 1. The Labute approximate surface area is 281 Å². The average Bonchev–Trinajstić information content (AvgIpc) is 3.66. The van der Waals surface area contributed by atoms with Crippen molar-refractivity contribution in [1.82, 2.24) is 25.0 Å². The number of Topliss-reactive ketones (excluding diaryl/α,β-unsaturated/α-hetero) is 1. The largest absolute Gasteiger partial charge is 0.497 e. The molecule has 3 aromatic carbocycles. The van der Waals surface area contributed by atoms with Crippen LogP contribution in [-0.4, -0.2) is 71.7 Å². The number of methoxy groups -OCH3 is 1. The number of ether oxygens (including phenoxy) is 2. The van der Waals surface area contributed by atoms with Crippen LogP contribution < -0.4 is 25.4 Å². The monoisotopic (exact) mass is 665 g/mol. The Kier molecular flexibility index (Phi) is 8.93. The number of aryl methyl sites for hydroxylation is 2. The Hall–Kier alpha value is -5.95. The van der Waals surface area contributed by atoms with Gasteiger partial charge in [-0.25, -0.2) is 9.18 Å². The number of nitrogens with one attached hydrogen (secondary N) is 4. The van der Waals surface area contributed by atoms with Gasteiger partial charge in [0.25, 0.3) is 5.91 Å². The molecule has 4 N–H and O–H groups in total. The number of amides is 3. The van der Waals surface area contributed by atoms with Crippen LogP contribution in [-0.2, 0) is 7.05 Å². The van der Waals surface area contributed by atoms with Crippen LogP contribution in [0.5, 0.6) is 11.5 Å². The number of halogens is 1. The van der Waals surface area contributed by atoms with E-state index in [1.807, 2.05) is 39.9 Å².